The number of fused-ring (bicyclic) bond motifs is 1. The maximum Gasteiger partial charge on any atom is 0.252 e. The molecule has 3 aliphatic carbocycles. The van der Waals surface area contributed by atoms with E-state index in [0.29, 0.717) is 11.8 Å². The summed E-state index contributed by atoms with van der Waals surface area (Å²) in [6.45, 7) is 0. The van der Waals surface area contributed by atoms with E-state index >= 15 is 0 Å². The maximum atomic E-state index is 13.8. The fourth-order valence-electron chi connectivity index (χ4n) is 6.00. The predicted octanol–water partition coefficient (Wildman–Crippen LogP) is 8.11. The number of carbonyl (C=O) groups is 1. The van der Waals surface area contributed by atoms with Crippen molar-refractivity contribution in [2.24, 2.45) is 11.8 Å². The number of amides is 1. The van der Waals surface area contributed by atoms with Gasteiger partial charge in [0, 0.05) is 5.56 Å². The van der Waals surface area contributed by atoms with Gasteiger partial charge in [0.15, 0.2) is 0 Å². The summed E-state index contributed by atoms with van der Waals surface area (Å²) in [5.74, 6) is 2.21. The van der Waals surface area contributed by atoms with Crippen LogP contribution in [0.25, 0.3) is 10.8 Å². The normalized spacial score (nSPS) is 19.8. The third kappa shape index (κ3) is 4.92. The topological polar surface area (TPSA) is 29.1 Å². The fraction of sp³-hybridized carbons (Fsp3) is 0.469. The first-order valence-electron chi connectivity index (χ1n) is 13.7. The molecule has 0 heterocycles. The van der Waals surface area contributed by atoms with Crippen molar-refractivity contribution < 1.29 is 4.79 Å². The van der Waals surface area contributed by atoms with Crippen molar-refractivity contribution in [3.05, 3.63) is 82.9 Å². The molecule has 6 rings (SSSR count). The zero-order valence-corrected chi connectivity index (χ0v) is 20.3. The first kappa shape index (κ1) is 21.9. The second kappa shape index (κ2) is 9.56. The Morgan fingerprint density at radius 2 is 1.62 bits per heavy atom. The molecule has 0 saturated heterocycles. The molecule has 176 valence electrons. The minimum Gasteiger partial charge on any atom is -0.345 e. The molecule has 0 spiro atoms. The number of hydrogen-bond acceptors (Lipinski definition) is 1. The van der Waals surface area contributed by atoms with E-state index in [4.69, 9.17) is 0 Å². The van der Waals surface area contributed by atoms with Crippen LogP contribution in [0.1, 0.15) is 103 Å². The van der Waals surface area contributed by atoms with E-state index in [2.05, 4.69) is 66.0 Å². The highest BCUT2D eigenvalue weighted by molar-refractivity contribution is 6.07. The van der Waals surface area contributed by atoms with Crippen LogP contribution >= 0.6 is 0 Å². The molecule has 34 heavy (non-hydrogen) atoms. The minimum atomic E-state index is 0.0899. The van der Waals surface area contributed by atoms with Gasteiger partial charge in [0.25, 0.3) is 5.91 Å². The second-order valence-electron chi connectivity index (χ2n) is 11.1. The average molecular weight is 452 g/mol. The van der Waals surface area contributed by atoms with Crippen LogP contribution in [0.15, 0.2) is 60.7 Å². The highest BCUT2D eigenvalue weighted by Crippen LogP contribution is 2.42. The van der Waals surface area contributed by atoms with Gasteiger partial charge in [0.2, 0.25) is 0 Å². The molecule has 1 amide bonds. The number of rotatable bonds is 8. The number of carbonyl (C=O) groups excluding carboxylic acids is 1. The number of benzene rings is 3. The Morgan fingerprint density at radius 1 is 0.853 bits per heavy atom. The van der Waals surface area contributed by atoms with Gasteiger partial charge in [-0.3, -0.25) is 4.79 Å². The van der Waals surface area contributed by atoms with Crippen molar-refractivity contribution >= 4 is 16.7 Å². The summed E-state index contributed by atoms with van der Waals surface area (Å²) in [6.07, 6.45) is 14.1. The van der Waals surface area contributed by atoms with Crippen LogP contribution in [0.3, 0.4) is 0 Å². The lowest BCUT2D eigenvalue weighted by molar-refractivity contribution is 0.0914. The van der Waals surface area contributed by atoms with E-state index in [0.717, 1.165) is 16.9 Å². The molecule has 2 heteroatoms. The quantitative estimate of drug-likeness (QED) is 0.368. The van der Waals surface area contributed by atoms with Gasteiger partial charge >= 0.3 is 0 Å². The highest BCUT2D eigenvalue weighted by Gasteiger charge is 2.29. The molecule has 0 bridgehead atoms. The third-order valence-corrected chi connectivity index (χ3v) is 8.46. The van der Waals surface area contributed by atoms with Crippen LogP contribution < -0.4 is 5.32 Å². The van der Waals surface area contributed by atoms with Crippen molar-refractivity contribution in [2.45, 2.75) is 82.6 Å². The molecular formula is C32H37NO. The van der Waals surface area contributed by atoms with Crippen molar-refractivity contribution in [1.82, 2.24) is 5.32 Å². The monoisotopic (exact) mass is 451 g/mol. The molecule has 3 aromatic carbocycles. The van der Waals surface area contributed by atoms with Crippen molar-refractivity contribution in [1.29, 1.82) is 0 Å². The lowest BCUT2D eigenvalue weighted by Gasteiger charge is -2.31. The summed E-state index contributed by atoms with van der Waals surface area (Å²) >= 11 is 0. The van der Waals surface area contributed by atoms with E-state index in [9.17, 15) is 4.79 Å². The molecule has 0 aromatic heterocycles. The Labute approximate surface area is 204 Å². The van der Waals surface area contributed by atoms with Gasteiger partial charge in [-0.1, -0.05) is 86.7 Å². The number of nitrogens with one attached hydrogen (secondary N) is 1. The lowest BCUT2D eigenvalue weighted by atomic mass is 9.80. The molecule has 0 aliphatic heterocycles. The van der Waals surface area contributed by atoms with E-state index in [1.54, 1.807) is 0 Å². The SMILES string of the molecule is O=C(N[C@@H](c1ccc(CCC2CC2)cc1)C1CCCCC1)c1cc(C2CC2)cc2ccccc12. The first-order chi connectivity index (χ1) is 16.7. The minimum absolute atomic E-state index is 0.0899. The van der Waals surface area contributed by atoms with E-state index in [1.807, 2.05) is 0 Å². The molecule has 3 fully saturated rings. The summed E-state index contributed by atoms with van der Waals surface area (Å²) in [4.78, 5) is 13.8. The molecule has 3 aromatic rings. The van der Waals surface area contributed by atoms with Gasteiger partial charge in [-0.15, -0.1) is 0 Å². The Kier molecular flexibility index (Phi) is 6.16. The molecule has 3 aliphatic rings. The standard InChI is InChI=1S/C32H37NO/c34-32(30-21-28(24-18-19-24)20-27-8-4-5-9-29(27)30)33-31(25-6-2-1-3-7-25)26-16-14-23(15-17-26)13-12-22-10-11-22/h4-5,8-9,14-17,20-22,24-25,31H,1-3,6-7,10-13,18-19H2,(H,33,34)/t31-/m1/s1. The largest absolute Gasteiger partial charge is 0.345 e. The predicted molar refractivity (Wildman–Crippen MR) is 140 cm³/mol. The zero-order valence-electron chi connectivity index (χ0n) is 20.3. The van der Waals surface area contributed by atoms with E-state index in [-0.39, 0.29) is 11.9 Å². The Bertz CT molecular complexity index is 1150. The number of aryl methyl sites for hydroxylation is 1. The third-order valence-electron chi connectivity index (χ3n) is 8.46. The van der Waals surface area contributed by atoms with Crippen LogP contribution in [-0.4, -0.2) is 5.91 Å². The molecule has 0 unspecified atom stereocenters. The summed E-state index contributed by atoms with van der Waals surface area (Å²) in [5, 5.41) is 5.80. The van der Waals surface area contributed by atoms with E-state index in [1.165, 1.54) is 92.7 Å². The smallest absolute Gasteiger partial charge is 0.252 e. The number of hydrogen-bond donors (Lipinski definition) is 1. The molecule has 2 nitrogen and oxygen atoms in total. The van der Waals surface area contributed by atoms with Crippen LogP contribution in [0.5, 0.6) is 0 Å². The Balaban J connectivity index is 1.28. The maximum absolute atomic E-state index is 13.8. The first-order valence-corrected chi connectivity index (χ1v) is 13.7. The Morgan fingerprint density at radius 3 is 2.35 bits per heavy atom. The molecule has 1 N–H and O–H groups in total. The van der Waals surface area contributed by atoms with Crippen molar-refractivity contribution in [3.63, 3.8) is 0 Å². The Hall–Kier alpha value is -2.61. The summed E-state index contributed by atoms with van der Waals surface area (Å²) < 4.78 is 0. The van der Waals surface area contributed by atoms with Crippen LogP contribution in [0, 0.1) is 11.8 Å². The van der Waals surface area contributed by atoms with Crippen molar-refractivity contribution in [2.75, 3.05) is 0 Å². The van der Waals surface area contributed by atoms with Gasteiger partial charge in [0.05, 0.1) is 6.04 Å². The summed E-state index contributed by atoms with van der Waals surface area (Å²) in [5.41, 5.74) is 4.89. The summed E-state index contributed by atoms with van der Waals surface area (Å²) in [6, 6.07) is 22.1. The van der Waals surface area contributed by atoms with Gasteiger partial charge < -0.3 is 5.32 Å². The highest BCUT2D eigenvalue weighted by atomic mass is 16.1. The molecule has 3 saturated carbocycles. The second-order valence-corrected chi connectivity index (χ2v) is 11.1. The molecular weight excluding hydrogens is 414 g/mol. The van der Waals surface area contributed by atoms with Gasteiger partial charge in [0.1, 0.15) is 0 Å². The molecule has 1 atom stereocenters. The van der Waals surface area contributed by atoms with Gasteiger partial charge in [-0.25, -0.2) is 0 Å². The van der Waals surface area contributed by atoms with Crippen LogP contribution in [0.2, 0.25) is 0 Å². The zero-order chi connectivity index (χ0) is 22.9. The average Bonchev–Trinajstić information content (AvgIpc) is 3.80. The van der Waals surface area contributed by atoms with Crippen molar-refractivity contribution in [3.8, 4) is 0 Å². The van der Waals surface area contributed by atoms with Gasteiger partial charge in [-0.2, -0.15) is 0 Å². The fourth-order valence-corrected chi connectivity index (χ4v) is 6.00. The van der Waals surface area contributed by atoms with E-state index < -0.39 is 0 Å². The van der Waals surface area contributed by atoms with Gasteiger partial charge in [-0.05, 0) is 89.8 Å². The molecule has 0 radical (unpaired) electrons. The lowest BCUT2D eigenvalue weighted by Crippen LogP contribution is -2.34. The summed E-state index contributed by atoms with van der Waals surface area (Å²) in [7, 11) is 0. The van der Waals surface area contributed by atoms with Crippen LogP contribution in [-0.2, 0) is 6.42 Å². The van der Waals surface area contributed by atoms with Crippen LogP contribution in [0.4, 0.5) is 0 Å².